The molecule has 1 rings (SSSR count). The van der Waals surface area contributed by atoms with Gasteiger partial charge in [-0.2, -0.15) is 0 Å². The lowest BCUT2D eigenvalue weighted by Crippen LogP contribution is -3.12. The summed E-state index contributed by atoms with van der Waals surface area (Å²) in [5, 5.41) is 0. The number of hydrogen-bond donors (Lipinski definition) is 0. The van der Waals surface area contributed by atoms with Gasteiger partial charge in [-0.05, 0) is 0 Å². The van der Waals surface area contributed by atoms with Crippen molar-refractivity contribution in [3.05, 3.63) is 0 Å². The summed E-state index contributed by atoms with van der Waals surface area (Å²) in [5.41, 5.74) is 0. The van der Waals surface area contributed by atoms with Crippen LogP contribution in [0.1, 0.15) is 0 Å². The molecular weight excluding hydrogens is 521 g/mol. The predicted octanol–water partition coefficient (Wildman–Crippen LogP) is 7.87. The Bertz CT molecular complexity index is 618. The molecule has 10 heteroatoms. The number of rotatable bonds is 4. The van der Waals surface area contributed by atoms with Crippen LogP contribution in [0.25, 0.3) is 0 Å². The molecule has 1 aliphatic heterocycles. The molecule has 1 fully saturated rings. The van der Waals surface area contributed by atoms with Gasteiger partial charge in [-0.3, -0.25) is 0 Å². The van der Waals surface area contributed by atoms with Gasteiger partial charge in [-0.25, -0.2) is 0 Å². The van der Waals surface area contributed by atoms with Crippen LogP contribution in [0.15, 0.2) is 0 Å². The largest absolute Gasteiger partial charge is 0.0756 e. The summed E-state index contributed by atoms with van der Waals surface area (Å²) < 4.78 is 0. The maximum atomic E-state index is 3.22. The molecule has 1 aliphatic rings. The fourth-order valence-corrected chi connectivity index (χ4v) is 579. The molecule has 0 bridgehead atoms. The summed E-state index contributed by atoms with van der Waals surface area (Å²) in [4.78, 5) is 0. The molecule has 0 radical (unpaired) electrons. The van der Waals surface area contributed by atoms with Crippen LogP contribution >= 0.6 is 0 Å². The van der Waals surface area contributed by atoms with Gasteiger partial charge in [0.05, 0.1) is 0 Å². The Morgan fingerprint density at radius 1 is 0.300 bits per heavy atom. The Morgan fingerprint density at radius 3 is 0.633 bits per heavy atom. The first-order valence-electron chi connectivity index (χ1n) is 12.5. The Labute approximate surface area is 200 Å². The van der Waals surface area contributed by atoms with Gasteiger partial charge in [0, 0.05) is 71.1 Å². The van der Waals surface area contributed by atoms with E-state index in [-0.39, 0.29) is 0 Å². The first kappa shape index (κ1) is 30.2. The average Bonchev–Trinajstić information content (AvgIpc) is 2.40. The molecule has 0 N–H and O–H groups in total. The van der Waals surface area contributed by atoms with Crippen LogP contribution in [0.4, 0.5) is 0 Å². The van der Waals surface area contributed by atoms with Crippen LogP contribution in [0.3, 0.4) is 0 Å². The Morgan fingerprint density at radius 2 is 0.467 bits per heavy atom. The van der Waals surface area contributed by atoms with Crippen molar-refractivity contribution in [3.63, 3.8) is 0 Å². The van der Waals surface area contributed by atoms with E-state index in [2.05, 4.69) is 131 Å². The van der Waals surface area contributed by atoms with E-state index in [1.165, 1.54) is 0 Å². The second-order valence-electron chi connectivity index (χ2n) is 16.8. The maximum Gasteiger partial charge on any atom is 0.0308 e. The van der Waals surface area contributed by atoms with Crippen molar-refractivity contribution >= 4 is 71.1 Å². The van der Waals surface area contributed by atoms with Crippen LogP contribution in [0, 0.1) is 0 Å². The van der Waals surface area contributed by atoms with Crippen molar-refractivity contribution in [1.82, 2.24) is 0 Å². The quantitative estimate of drug-likeness (QED) is 0.297. The zero-order chi connectivity index (χ0) is 25.0. The molecule has 0 spiro atoms. The smallest absolute Gasteiger partial charge is 0.0308 e. The van der Waals surface area contributed by atoms with Crippen molar-refractivity contribution in [1.29, 1.82) is 0 Å². The highest BCUT2D eigenvalue weighted by atomic mass is 30.5. The van der Waals surface area contributed by atoms with Crippen molar-refractivity contribution in [2.24, 2.45) is 0 Å². The summed E-state index contributed by atoms with van der Waals surface area (Å²) in [6.07, 6.45) is -1.36. The highest BCUT2D eigenvalue weighted by Crippen LogP contribution is 2.58. The minimum Gasteiger partial charge on any atom is -0.0756 e. The summed E-state index contributed by atoms with van der Waals surface area (Å²) in [6, 6.07) is 0. The molecule has 180 valence electrons. The van der Waals surface area contributed by atoms with Crippen LogP contribution in [0.2, 0.25) is 131 Å². The molecule has 0 aliphatic carbocycles. The van der Waals surface area contributed by atoms with E-state index >= 15 is 0 Å². The van der Waals surface area contributed by atoms with E-state index in [9.17, 15) is 0 Å². The van der Waals surface area contributed by atoms with E-state index < -0.39 is 71.1 Å². The number of hydrogen-bond acceptors (Lipinski definition) is 0. The standard InChI is InChI=1S/C20H60Si10/c1-21(2,3)30(22(4,5)6,23(7,8)9)29(20)27(16,17)25(12,13)24(10,11)26(14,15)28(29,18)19/h1-20H3. The lowest BCUT2D eigenvalue weighted by Gasteiger charge is -2.81. The van der Waals surface area contributed by atoms with Crippen LogP contribution in [0.5, 0.6) is 0 Å². The molecule has 0 atom stereocenters. The van der Waals surface area contributed by atoms with E-state index in [1.807, 2.05) is 0 Å². The molecule has 0 aromatic heterocycles. The zero-order valence-corrected chi connectivity index (χ0v) is 35.0. The minimum absolute atomic E-state index is 1.16. The van der Waals surface area contributed by atoms with Crippen molar-refractivity contribution in [2.45, 2.75) is 131 Å². The van der Waals surface area contributed by atoms with Crippen LogP contribution in [-0.4, -0.2) is 71.1 Å². The second-order valence-corrected chi connectivity index (χ2v) is 140. The highest BCUT2D eigenvalue weighted by Gasteiger charge is 2.85. The summed E-state index contributed by atoms with van der Waals surface area (Å²) in [6.45, 7) is 58.3. The van der Waals surface area contributed by atoms with Crippen molar-refractivity contribution in [2.75, 3.05) is 0 Å². The van der Waals surface area contributed by atoms with E-state index in [4.69, 9.17) is 0 Å². The molecule has 0 aromatic rings. The van der Waals surface area contributed by atoms with Gasteiger partial charge in [0.15, 0.2) is 0 Å². The molecular formula is C20H60Si10. The van der Waals surface area contributed by atoms with Gasteiger partial charge >= 0.3 is 0 Å². The third-order valence-corrected chi connectivity index (χ3v) is 305. The SMILES string of the molecule is C[Si](C)(C)[Si]([Si](C)(C)C)([Si](C)(C)C)[Si]1(C)[Si](C)(C)[Si](C)(C)[Si](C)(C)[Si](C)(C)[Si]1(C)C. The minimum atomic E-state index is -1.38. The molecule has 30 heavy (non-hydrogen) atoms. The fourth-order valence-electron chi connectivity index (χ4n) is 10.9. The first-order chi connectivity index (χ1) is 12.5. The average molecular weight is 582 g/mol. The summed E-state index contributed by atoms with van der Waals surface area (Å²) in [7, 11) is -9.96. The Kier molecular flexibility index (Phi) is 7.39. The molecule has 0 amide bonds. The van der Waals surface area contributed by atoms with Crippen LogP contribution in [-0.2, 0) is 0 Å². The zero-order valence-electron chi connectivity index (χ0n) is 25.0. The lowest BCUT2D eigenvalue weighted by molar-refractivity contribution is 1.72. The van der Waals surface area contributed by atoms with Gasteiger partial charge in [-0.15, -0.1) is 0 Å². The van der Waals surface area contributed by atoms with Gasteiger partial charge in [0.2, 0.25) is 0 Å². The molecule has 0 unspecified atom stereocenters. The van der Waals surface area contributed by atoms with Gasteiger partial charge in [-0.1, -0.05) is 131 Å². The third-order valence-electron chi connectivity index (χ3n) is 12.9. The van der Waals surface area contributed by atoms with Gasteiger partial charge in [0.25, 0.3) is 0 Å². The predicted molar refractivity (Wildman–Crippen MR) is 175 cm³/mol. The third kappa shape index (κ3) is 3.02. The Balaban J connectivity index is 4.55. The molecule has 1 heterocycles. The highest BCUT2D eigenvalue weighted by molar-refractivity contribution is 8.31. The summed E-state index contributed by atoms with van der Waals surface area (Å²) in [5.74, 6) is 0. The second kappa shape index (κ2) is 7.34. The monoisotopic (exact) mass is 580 g/mol. The first-order valence-corrected chi connectivity index (χ1v) is 52.5. The molecule has 0 saturated carbocycles. The van der Waals surface area contributed by atoms with Gasteiger partial charge < -0.3 is 0 Å². The van der Waals surface area contributed by atoms with Gasteiger partial charge in [0.1, 0.15) is 0 Å². The van der Waals surface area contributed by atoms with E-state index in [1.54, 1.807) is 0 Å². The molecule has 0 nitrogen and oxygen atoms in total. The van der Waals surface area contributed by atoms with Crippen LogP contribution < -0.4 is 0 Å². The maximum absolute atomic E-state index is 3.22. The Hall–Kier alpha value is 2.17. The fraction of sp³-hybridized carbons (Fsp3) is 1.00. The van der Waals surface area contributed by atoms with E-state index in [0.29, 0.717) is 0 Å². The molecule has 1 saturated heterocycles. The normalized spacial score (nSPS) is 27.6. The van der Waals surface area contributed by atoms with Crippen molar-refractivity contribution in [3.8, 4) is 0 Å². The van der Waals surface area contributed by atoms with Crippen molar-refractivity contribution < 1.29 is 0 Å². The summed E-state index contributed by atoms with van der Waals surface area (Å²) >= 11 is 0. The lowest BCUT2D eigenvalue weighted by atomic mass is 11.8. The topological polar surface area (TPSA) is 0 Å². The molecule has 0 aromatic carbocycles. The van der Waals surface area contributed by atoms with E-state index in [0.717, 1.165) is 0 Å².